The van der Waals surface area contributed by atoms with Crippen LogP contribution in [-0.4, -0.2) is 11.4 Å². The average Bonchev–Trinajstić information content (AvgIpc) is 2.43. The Morgan fingerprint density at radius 3 is 2.52 bits per heavy atom. The van der Waals surface area contributed by atoms with Crippen LogP contribution in [0, 0.1) is 20.8 Å². The summed E-state index contributed by atoms with van der Waals surface area (Å²) in [6.07, 6.45) is 1.10. The van der Waals surface area contributed by atoms with Crippen molar-refractivity contribution in [1.82, 2.24) is 4.90 Å². The molecule has 0 bridgehead atoms. The molecule has 3 rings (SSSR count). The van der Waals surface area contributed by atoms with Crippen molar-refractivity contribution in [2.75, 3.05) is 12.3 Å². The highest BCUT2D eigenvalue weighted by molar-refractivity contribution is 5.51. The minimum Gasteiger partial charge on any atom is -0.398 e. The van der Waals surface area contributed by atoms with Gasteiger partial charge in [0.2, 0.25) is 0 Å². The molecular weight excluding hydrogens is 256 g/mol. The van der Waals surface area contributed by atoms with Crippen LogP contribution < -0.4 is 5.73 Å². The van der Waals surface area contributed by atoms with Crippen LogP contribution in [0.2, 0.25) is 0 Å². The molecule has 2 aromatic carbocycles. The molecule has 0 fully saturated rings. The Bertz CT molecular complexity index is 650. The monoisotopic (exact) mass is 280 g/mol. The van der Waals surface area contributed by atoms with Gasteiger partial charge in [0, 0.05) is 25.3 Å². The predicted octanol–water partition coefficient (Wildman–Crippen LogP) is 3.75. The van der Waals surface area contributed by atoms with E-state index >= 15 is 0 Å². The van der Waals surface area contributed by atoms with Crippen molar-refractivity contribution in [1.29, 1.82) is 0 Å². The number of anilines is 1. The largest absolute Gasteiger partial charge is 0.398 e. The standard InChI is InChI=1S/C19H24N2/c1-13-9-14(2)17(15(3)10-13)11-21-8-7-16-5-4-6-19(20)18(16)12-21/h4-6,9-10H,7-8,11-12,20H2,1-3H3. The lowest BCUT2D eigenvalue weighted by atomic mass is 9.95. The molecule has 0 aliphatic carbocycles. The zero-order valence-electron chi connectivity index (χ0n) is 13.2. The Morgan fingerprint density at radius 1 is 1.10 bits per heavy atom. The molecule has 1 aliphatic heterocycles. The second-order valence-electron chi connectivity index (χ2n) is 6.32. The Balaban J connectivity index is 1.83. The van der Waals surface area contributed by atoms with Gasteiger partial charge in [-0.15, -0.1) is 0 Å². The van der Waals surface area contributed by atoms with E-state index in [9.17, 15) is 0 Å². The molecule has 0 unspecified atom stereocenters. The molecule has 0 amide bonds. The first kappa shape index (κ1) is 14.2. The van der Waals surface area contributed by atoms with Crippen molar-refractivity contribution >= 4 is 5.69 Å². The fraction of sp³-hybridized carbons (Fsp3) is 0.368. The summed E-state index contributed by atoms with van der Waals surface area (Å²) < 4.78 is 0. The van der Waals surface area contributed by atoms with Crippen molar-refractivity contribution in [2.24, 2.45) is 0 Å². The number of hydrogen-bond donors (Lipinski definition) is 1. The van der Waals surface area contributed by atoms with Crippen molar-refractivity contribution < 1.29 is 0 Å². The van der Waals surface area contributed by atoms with Gasteiger partial charge >= 0.3 is 0 Å². The Labute approximate surface area is 127 Å². The van der Waals surface area contributed by atoms with Crippen molar-refractivity contribution in [3.8, 4) is 0 Å². The first-order chi connectivity index (χ1) is 10.0. The summed E-state index contributed by atoms with van der Waals surface area (Å²) in [5.74, 6) is 0. The van der Waals surface area contributed by atoms with Gasteiger partial charge in [-0.05, 0) is 61.1 Å². The minimum absolute atomic E-state index is 0.939. The van der Waals surface area contributed by atoms with Gasteiger partial charge < -0.3 is 5.73 Å². The summed E-state index contributed by atoms with van der Waals surface area (Å²) in [6.45, 7) is 9.72. The predicted molar refractivity (Wildman–Crippen MR) is 89.3 cm³/mol. The smallest absolute Gasteiger partial charge is 0.0362 e. The number of nitrogen functional groups attached to an aromatic ring is 1. The topological polar surface area (TPSA) is 29.3 Å². The third kappa shape index (κ3) is 2.81. The molecule has 110 valence electrons. The molecule has 0 saturated heterocycles. The number of hydrogen-bond acceptors (Lipinski definition) is 2. The molecule has 2 aromatic rings. The molecule has 2 nitrogen and oxygen atoms in total. The van der Waals surface area contributed by atoms with E-state index in [1.54, 1.807) is 0 Å². The minimum atomic E-state index is 0.939. The number of nitrogens with two attached hydrogens (primary N) is 1. The molecule has 0 aromatic heterocycles. The third-order valence-corrected chi connectivity index (χ3v) is 4.61. The highest BCUT2D eigenvalue weighted by Crippen LogP contribution is 2.26. The summed E-state index contributed by atoms with van der Waals surface area (Å²) in [4.78, 5) is 2.52. The van der Waals surface area contributed by atoms with Crippen LogP contribution in [0.25, 0.3) is 0 Å². The van der Waals surface area contributed by atoms with Crippen molar-refractivity contribution in [3.05, 3.63) is 63.7 Å². The van der Waals surface area contributed by atoms with Gasteiger partial charge in [0.25, 0.3) is 0 Å². The highest BCUT2D eigenvalue weighted by Gasteiger charge is 2.19. The van der Waals surface area contributed by atoms with Gasteiger partial charge in [0.1, 0.15) is 0 Å². The molecular formula is C19H24N2. The molecule has 1 heterocycles. The molecule has 2 heteroatoms. The van der Waals surface area contributed by atoms with Gasteiger partial charge in [-0.3, -0.25) is 4.90 Å². The molecule has 0 atom stereocenters. The first-order valence-corrected chi connectivity index (χ1v) is 7.70. The molecule has 0 spiro atoms. The van der Waals surface area contributed by atoms with E-state index < -0.39 is 0 Å². The Morgan fingerprint density at radius 2 is 1.81 bits per heavy atom. The molecule has 0 saturated carbocycles. The highest BCUT2D eigenvalue weighted by atomic mass is 15.1. The number of rotatable bonds is 2. The summed E-state index contributed by atoms with van der Waals surface area (Å²) in [5, 5.41) is 0. The lowest BCUT2D eigenvalue weighted by Crippen LogP contribution is -2.31. The van der Waals surface area contributed by atoms with Crippen molar-refractivity contribution in [2.45, 2.75) is 40.3 Å². The van der Waals surface area contributed by atoms with Crippen LogP contribution in [0.4, 0.5) is 5.69 Å². The van der Waals surface area contributed by atoms with Gasteiger partial charge in [0.05, 0.1) is 0 Å². The van der Waals surface area contributed by atoms with Crippen LogP contribution in [0.5, 0.6) is 0 Å². The van der Waals surface area contributed by atoms with Crippen LogP contribution in [0.15, 0.2) is 30.3 Å². The van der Waals surface area contributed by atoms with E-state index in [1.807, 2.05) is 6.07 Å². The fourth-order valence-electron chi connectivity index (χ4n) is 3.48. The molecule has 21 heavy (non-hydrogen) atoms. The number of aryl methyl sites for hydroxylation is 3. The fourth-order valence-corrected chi connectivity index (χ4v) is 3.48. The van der Waals surface area contributed by atoms with E-state index in [2.05, 4.69) is 49.9 Å². The second-order valence-corrected chi connectivity index (χ2v) is 6.32. The summed E-state index contributed by atoms with van der Waals surface area (Å²) in [7, 11) is 0. The van der Waals surface area contributed by atoms with E-state index in [1.165, 1.54) is 33.4 Å². The summed E-state index contributed by atoms with van der Waals surface area (Å²) in [5.41, 5.74) is 15.5. The molecule has 1 aliphatic rings. The Hall–Kier alpha value is -1.80. The molecule has 2 N–H and O–H groups in total. The average molecular weight is 280 g/mol. The van der Waals surface area contributed by atoms with Gasteiger partial charge in [0.15, 0.2) is 0 Å². The van der Waals surface area contributed by atoms with Gasteiger partial charge in [-0.1, -0.05) is 29.8 Å². The SMILES string of the molecule is Cc1cc(C)c(CN2CCc3cccc(N)c3C2)c(C)c1. The lowest BCUT2D eigenvalue weighted by molar-refractivity contribution is 0.245. The van der Waals surface area contributed by atoms with Crippen LogP contribution in [0.3, 0.4) is 0 Å². The maximum absolute atomic E-state index is 6.15. The zero-order chi connectivity index (χ0) is 15.0. The maximum Gasteiger partial charge on any atom is 0.0362 e. The quantitative estimate of drug-likeness (QED) is 0.849. The number of benzene rings is 2. The van der Waals surface area contributed by atoms with E-state index in [0.717, 1.165) is 31.7 Å². The Kier molecular flexibility index (Phi) is 3.73. The lowest BCUT2D eigenvalue weighted by Gasteiger charge is -2.30. The van der Waals surface area contributed by atoms with Crippen LogP contribution in [-0.2, 0) is 19.5 Å². The van der Waals surface area contributed by atoms with Gasteiger partial charge in [-0.25, -0.2) is 0 Å². The number of fused-ring (bicyclic) bond motifs is 1. The van der Waals surface area contributed by atoms with Crippen molar-refractivity contribution in [3.63, 3.8) is 0 Å². The third-order valence-electron chi connectivity index (χ3n) is 4.61. The van der Waals surface area contributed by atoms with Crippen LogP contribution >= 0.6 is 0 Å². The van der Waals surface area contributed by atoms with Gasteiger partial charge in [-0.2, -0.15) is 0 Å². The van der Waals surface area contributed by atoms with E-state index in [0.29, 0.717) is 0 Å². The van der Waals surface area contributed by atoms with E-state index in [4.69, 9.17) is 5.73 Å². The number of nitrogens with zero attached hydrogens (tertiary/aromatic N) is 1. The maximum atomic E-state index is 6.15. The van der Waals surface area contributed by atoms with E-state index in [-0.39, 0.29) is 0 Å². The second kappa shape index (κ2) is 5.53. The normalized spacial score (nSPS) is 15.0. The summed E-state index contributed by atoms with van der Waals surface area (Å²) in [6, 6.07) is 10.9. The molecule has 0 radical (unpaired) electrons. The first-order valence-electron chi connectivity index (χ1n) is 7.70. The van der Waals surface area contributed by atoms with Crippen LogP contribution in [0.1, 0.15) is 33.4 Å². The summed E-state index contributed by atoms with van der Waals surface area (Å²) >= 11 is 0. The zero-order valence-corrected chi connectivity index (χ0v) is 13.2.